The van der Waals surface area contributed by atoms with Gasteiger partial charge in [0, 0.05) is 11.9 Å². The molecule has 0 aliphatic heterocycles. The van der Waals surface area contributed by atoms with Crippen molar-refractivity contribution in [1.29, 1.82) is 0 Å². The molecule has 0 bridgehead atoms. The molecule has 0 saturated carbocycles. The maximum atomic E-state index is 4.23. The molecule has 0 radical (unpaired) electrons. The Labute approximate surface area is 90.0 Å². The lowest BCUT2D eigenvalue weighted by atomic mass is 10.1. The molecule has 0 amide bonds. The van der Waals surface area contributed by atoms with E-state index >= 15 is 0 Å². The smallest absolute Gasteiger partial charge is 0.130 e. The third kappa shape index (κ3) is 2.34. The van der Waals surface area contributed by atoms with Gasteiger partial charge in [-0.2, -0.15) is 0 Å². The monoisotopic (exact) mass is 198 g/mol. The van der Waals surface area contributed by atoms with Crippen molar-refractivity contribution in [2.24, 2.45) is 0 Å². The van der Waals surface area contributed by atoms with Crippen LogP contribution in [0, 0.1) is 13.8 Å². The molecule has 1 N–H and O–H groups in total. The summed E-state index contributed by atoms with van der Waals surface area (Å²) >= 11 is 0. The average molecular weight is 198 g/mol. The van der Waals surface area contributed by atoms with Crippen molar-refractivity contribution < 1.29 is 0 Å². The van der Waals surface area contributed by atoms with E-state index in [0.717, 1.165) is 11.5 Å². The Hall–Kier alpha value is -1.83. The van der Waals surface area contributed by atoms with E-state index in [1.807, 2.05) is 18.2 Å². The summed E-state index contributed by atoms with van der Waals surface area (Å²) in [4.78, 5) is 4.23. The Morgan fingerprint density at radius 1 is 1.07 bits per heavy atom. The topological polar surface area (TPSA) is 24.9 Å². The van der Waals surface area contributed by atoms with Crippen LogP contribution < -0.4 is 5.32 Å². The number of hydrogen-bond acceptors (Lipinski definition) is 2. The van der Waals surface area contributed by atoms with Crippen LogP contribution in [0.4, 0.5) is 11.5 Å². The molecular formula is C13H14N2. The quantitative estimate of drug-likeness (QED) is 0.799. The van der Waals surface area contributed by atoms with Gasteiger partial charge >= 0.3 is 0 Å². The number of nitrogens with zero attached hydrogens (tertiary/aromatic N) is 1. The Kier molecular flexibility index (Phi) is 2.68. The number of aryl methyl sites for hydroxylation is 2. The first-order valence-electron chi connectivity index (χ1n) is 5.01. The van der Waals surface area contributed by atoms with Gasteiger partial charge in [0.05, 0.1) is 0 Å². The van der Waals surface area contributed by atoms with E-state index in [0.29, 0.717) is 0 Å². The minimum absolute atomic E-state index is 0.881. The molecule has 0 fully saturated rings. The van der Waals surface area contributed by atoms with E-state index < -0.39 is 0 Å². The highest BCUT2D eigenvalue weighted by Crippen LogP contribution is 2.19. The summed E-state index contributed by atoms with van der Waals surface area (Å²) in [6, 6.07) is 12.2. The second kappa shape index (κ2) is 4.13. The molecule has 1 heterocycles. The number of rotatable bonds is 2. The molecule has 76 valence electrons. The van der Waals surface area contributed by atoms with E-state index in [1.165, 1.54) is 11.1 Å². The first kappa shape index (κ1) is 9.71. The highest BCUT2D eigenvalue weighted by molar-refractivity contribution is 5.60. The van der Waals surface area contributed by atoms with Gasteiger partial charge in [-0.05, 0) is 43.2 Å². The number of benzene rings is 1. The Morgan fingerprint density at radius 2 is 1.93 bits per heavy atom. The van der Waals surface area contributed by atoms with Gasteiger partial charge in [0.1, 0.15) is 5.82 Å². The molecule has 0 aliphatic carbocycles. The van der Waals surface area contributed by atoms with Crippen LogP contribution in [0.2, 0.25) is 0 Å². The van der Waals surface area contributed by atoms with Gasteiger partial charge in [-0.1, -0.05) is 18.2 Å². The number of pyridine rings is 1. The maximum absolute atomic E-state index is 4.23. The van der Waals surface area contributed by atoms with E-state index in [1.54, 1.807) is 6.20 Å². The SMILES string of the molecule is Cc1ccc(C)c(Nc2ccccn2)c1. The minimum Gasteiger partial charge on any atom is -0.340 e. The molecule has 15 heavy (non-hydrogen) atoms. The van der Waals surface area contributed by atoms with Crippen LogP contribution in [0.5, 0.6) is 0 Å². The Balaban J connectivity index is 2.28. The van der Waals surface area contributed by atoms with Crippen LogP contribution in [0.15, 0.2) is 42.6 Å². The second-order valence-corrected chi connectivity index (χ2v) is 3.66. The van der Waals surface area contributed by atoms with Crippen molar-refractivity contribution in [3.8, 4) is 0 Å². The molecule has 1 aromatic carbocycles. The maximum Gasteiger partial charge on any atom is 0.130 e. The van der Waals surface area contributed by atoms with Crippen LogP contribution in [-0.4, -0.2) is 4.98 Å². The van der Waals surface area contributed by atoms with Crippen LogP contribution in [-0.2, 0) is 0 Å². The number of aromatic nitrogens is 1. The summed E-state index contributed by atoms with van der Waals surface area (Å²) in [6.07, 6.45) is 1.79. The molecule has 2 heteroatoms. The number of nitrogens with one attached hydrogen (secondary N) is 1. The molecular weight excluding hydrogens is 184 g/mol. The van der Waals surface area contributed by atoms with E-state index in [2.05, 4.69) is 42.3 Å². The van der Waals surface area contributed by atoms with E-state index in [9.17, 15) is 0 Å². The van der Waals surface area contributed by atoms with Crippen molar-refractivity contribution in [1.82, 2.24) is 4.98 Å². The highest BCUT2D eigenvalue weighted by Gasteiger charge is 1.99. The molecule has 2 aromatic rings. The number of hydrogen-bond donors (Lipinski definition) is 1. The van der Waals surface area contributed by atoms with Crippen molar-refractivity contribution >= 4 is 11.5 Å². The van der Waals surface area contributed by atoms with E-state index in [4.69, 9.17) is 0 Å². The summed E-state index contributed by atoms with van der Waals surface area (Å²) < 4.78 is 0. The Bertz CT molecular complexity index is 449. The van der Waals surface area contributed by atoms with Gasteiger partial charge in [0.25, 0.3) is 0 Å². The molecule has 2 nitrogen and oxygen atoms in total. The third-order valence-corrected chi connectivity index (χ3v) is 2.32. The predicted molar refractivity (Wildman–Crippen MR) is 63.4 cm³/mol. The summed E-state index contributed by atoms with van der Waals surface area (Å²) in [6.45, 7) is 4.17. The molecule has 0 atom stereocenters. The standard InChI is InChI=1S/C13H14N2/c1-10-6-7-11(2)12(9-10)15-13-5-3-4-8-14-13/h3-9H,1-2H3,(H,14,15). The van der Waals surface area contributed by atoms with Gasteiger partial charge < -0.3 is 5.32 Å². The van der Waals surface area contributed by atoms with Crippen LogP contribution in [0.1, 0.15) is 11.1 Å². The van der Waals surface area contributed by atoms with Gasteiger partial charge in [0.15, 0.2) is 0 Å². The van der Waals surface area contributed by atoms with Crippen LogP contribution >= 0.6 is 0 Å². The molecule has 1 aromatic heterocycles. The highest BCUT2D eigenvalue weighted by atomic mass is 15.0. The summed E-state index contributed by atoms with van der Waals surface area (Å²) in [7, 11) is 0. The van der Waals surface area contributed by atoms with Gasteiger partial charge in [-0.15, -0.1) is 0 Å². The fourth-order valence-electron chi connectivity index (χ4n) is 1.45. The fourth-order valence-corrected chi connectivity index (χ4v) is 1.45. The van der Waals surface area contributed by atoms with E-state index in [-0.39, 0.29) is 0 Å². The zero-order valence-corrected chi connectivity index (χ0v) is 8.99. The van der Waals surface area contributed by atoms with Gasteiger partial charge in [-0.3, -0.25) is 0 Å². The van der Waals surface area contributed by atoms with Gasteiger partial charge in [-0.25, -0.2) is 4.98 Å². The summed E-state index contributed by atoms with van der Waals surface area (Å²) in [5.41, 5.74) is 3.60. The van der Waals surface area contributed by atoms with Crippen molar-refractivity contribution in [2.45, 2.75) is 13.8 Å². The van der Waals surface area contributed by atoms with Crippen molar-refractivity contribution in [3.63, 3.8) is 0 Å². The zero-order valence-electron chi connectivity index (χ0n) is 8.99. The van der Waals surface area contributed by atoms with Crippen LogP contribution in [0.25, 0.3) is 0 Å². The molecule has 0 unspecified atom stereocenters. The lowest BCUT2D eigenvalue weighted by molar-refractivity contribution is 1.29. The fraction of sp³-hybridized carbons (Fsp3) is 0.154. The van der Waals surface area contributed by atoms with Gasteiger partial charge in [0.2, 0.25) is 0 Å². The van der Waals surface area contributed by atoms with Crippen molar-refractivity contribution in [2.75, 3.05) is 5.32 Å². The lowest BCUT2D eigenvalue weighted by Gasteiger charge is -2.09. The average Bonchev–Trinajstić information content (AvgIpc) is 2.25. The first-order chi connectivity index (χ1) is 7.25. The molecule has 0 aliphatic rings. The molecule has 2 rings (SSSR count). The zero-order chi connectivity index (χ0) is 10.7. The summed E-state index contributed by atoms with van der Waals surface area (Å²) in [5.74, 6) is 0.881. The van der Waals surface area contributed by atoms with Crippen LogP contribution in [0.3, 0.4) is 0 Å². The molecule has 0 saturated heterocycles. The second-order valence-electron chi connectivity index (χ2n) is 3.66. The number of anilines is 2. The molecule has 0 spiro atoms. The first-order valence-corrected chi connectivity index (χ1v) is 5.01. The summed E-state index contributed by atoms with van der Waals surface area (Å²) in [5, 5.41) is 3.30. The third-order valence-electron chi connectivity index (χ3n) is 2.32. The van der Waals surface area contributed by atoms with Crippen molar-refractivity contribution in [3.05, 3.63) is 53.7 Å². The predicted octanol–water partition coefficient (Wildman–Crippen LogP) is 3.44. The largest absolute Gasteiger partial charge is 0.340 e. The normalized spacial score (nSPS) is 10.0. The lowest BCUT2D eigenvalue weighted by Crippen LogP contribution is -1.95. The Morgan fingerprint density at radius 3 is 2.67 bits per heavy atom. The minimum atomic E-state index is 0.881.